The third kappa shape index (κ3) is 2.63. The average Bonchev–Trinajstić information content (AvgIpc) is 2.40. The summed E-state index contributed by atoms with van der Waals surface area (Å²) in [4.78, 5) is 14.1. The van der Waals surface area contributed by atoms with E-state index in [-0.39, 0.29) is 24.0 Å². The van der Waals surface area contributed by atoms with Crippen LogP contribution in [0.4, 0.5) is 0 Å². The summed E-state index contributed by atoms with van der Waals surface area (Å²) >= 11 is 6.35. The quantitative estimate of drug-likeness (QED) is 0.933. The summed E-state index contributed by atoms with van der Waals surface area (Å²) in [5.41, 5.74) is 7.10. The molecule has 1 aromatic rings. The molecule has 1 aromatic carbocycles. The van der Waals surface area contributed by atoms with Crippen LogP contribution in [0, 0.1) is 0 Å². The van der Waals surface area contributed by atoms with Crippen LogP contribution in [0.25, 0.3) is 0 Å². The van der Waals surface area contributed by atoms with Crippen molar-refractivity contribution in [1.29, 1.82) is 0 Å². The Morgan fingerprint density at radius 1 is 1.45 bits per heavy atom. The lowest BCUT2D eigenvalue weighted by Crippen LogP contribution is -2.51. The van der Waals surface area contributed by atoms with Gasteiger partial charge in [-0.2, -0.15) is 0 Å². The molecule has 1 saturated heterocycles. The number of hydrogen-bond donors (Lipinski definition) is 1. The Hall–Kier alpha value is -1.26. The van der Waals surface area contributed by atoms with Gasteiger partial charge < -0.3 is 15.4 Å². The Balaban J connectivity index is 2.54. The number of ether oxygens (including phenoxy) is 1. The number of nitrogens with zero attached hydrogens (tertiary/aromatic N) is 1. The normalized spacial score (nSPS) is 23.3. The molecule has 0 radical (unpaired) electrons. The number of rotatable bonds is 3. The lowest BCUT2D eigenvalue weighted by atomic mass is 9.89. The number of nitrogens with two attached hydrogens (primary N) is 1. The van der Waals surface area contributed by atoms with Gasteiger partial charge >= 0.3 is 0 Å². The number of benzene rings is 1. The summed E-state index contributed by atoms with van der Waals surface area (Å²) in [6.45, 7) is 3.98. The first-order valence-electron chi connectivity index (χ1n) is 6.86. The number of carbonyl (C=O) groups is 1. The van der Waals surface area contributed by atoms with Crippen molar-refractivity contribution < 1.29 is 9.53 Å². The second-order valence-electron chi connectivity index (χ2n) is 5.40. The molecule has 20 heavy (non-hydrogen) atoms. The van der Waals surface area contributed by atoms with E-state index in [1.54, 1.807) is 7.11 Å². The Bertz CT molecular complexity index is 505. The van der Waals surface area contributed by atoms with Gasteiger partial charge in [0.2, 0.25) is 5.91 Å². The van der Waals surface area contributed by atoms with Crippen molar-refractivity contribution in [2.24, 2.45) is 5.73 Å². The Labute approximate surface area is 124 Å². The fourth-order valence-corrected chi connectivity index (χ4v) is 3.16. The highest BCUT2D eigenvalue weighted by Crippen LogP contribution is 2.40. The van der Waals surface area contributed by atoms with Crippen molar-refractivity contribution in [1.82, 2.24) is 4.90 Å². The first kappa shape index (κ1) is 15.1. The van der Waals surface area contributed by atoms with E-state index >= 15 is 0 Å². The highest BCUT2D eigenvalue weighted by atomic mass is 35.5. The molecule has 1 fully saturated rings. The fraction of sp³-hybridized carbons (Fsp3) is 0.533. The van der Waals surface area contributed by atoms with E-state index in [1.807, 2.05) is 36.9 Å². The topological polar surface area (TPSA) is 55.6 Å². The molecule has 1 aliphatic heterocycles. The lowest BCUT2D eigenvalue weighted by Gasteiger charge is -2.43. The summed E-state index contributed by atoms with van der Waals surface area (Å²) < 4.78 is 5.41. The van der Waals surface area contributed by atoms with Gasteiger partial charge in [-0.1, -0.05) is 17.7 Å². The molecule has 0 saturated carbocycles. The predicted octanol–water partition coefficient (Wildman–Crippen LogP) is 2.75. The second kappa shape index (κ2) is 6.02. The van der Waals surface area contributed by atoms with Gasteiger partial charge in [-0.05, 0) is 32.4 Å². The number of piperidine rings is 1. The van der Waals surface area contributed by atoms with Crippen molar-refractivity contribution in [2.45, 2.75) is 44.8 Å². The van der Waals surface area contributed by atoms with Gasteiger partial charge in [0.1, 0.15) is 5.75 Å². The van der Waals surface area contributed by atoms with E-state index in [1.165, 1.54) is 0 Å². The molecule has 1 aliphatic rings. The van der Waals surface area contributed by atoms with Gasteiger partial charge in [-0.15, -0.1) is 0 Å². The molecule has 2 rings (SSSR count). The Morgan fingerprint density at radius 3 is 2.75 bits per heavy atom. The van der Waals surface area contributed by atoms with Crippen LogP contribution < -0.4 is 10.5 Å². The first-order chi connectivity index (χ1) is 9.47. The van der Waals surface area contributed by atoms with Crippen LogP contribution in [0.5, 0.6) is 5.75 Å². The number of amides is 1. The molecule has 5 heteroatoms. The van der Waals surface area contributed by atoms with Gasteiger partial charge in [-0.3, -0.25) is 4.79 Å². The number of hydrogen-bond acceptors (Lipinski definition) is 3. The molecular weight excluding hydrogens is 276 g/mol. The minimum atomic E-state index is -0.236. The van der Waals surface area contributed by atoms with Crippen LogP contribution in [0.3, 0.4) is 0 Å². The lowest BCUT2D eigenvalue weighted by molar-refractivity contribution is -0.139. The smallest absolute Gasteiger partial charge is 0.223 e. The fourth-order valence-electron chi connectivity index (χ4n) is 2.88. The molecule has 110 valence electrons. The summed E-state index contributed by atoms with van der Waals surface area (Å²) in [6, 6.07) is 5.19. The number of halogens is 1. The van der Waals surface area contributed by atoms with Crippen LogP contribution in [0.1, 0.15) is 38.3 Å². The van der Waals surface area contributed by atoms with Crippen molar-refractivity contribution in [2.75, 3.05) is 7.11 Å². The van der Waals surface area contributed by atoms with Gasteiger partial charge in [0, 0.05) is 29.1 Å². The summed E-state index contributed by atoms with van der Waals surface area (Å²) in [7, 11) is 1.60. The largest absolute Gasteiger partial charge is 0.496 e. The molecule has 1 heterocycles. The van der Waals surface area contributed by atoms with Crippen LogP contribution in [0.15, 0.2) is 18.2 Å². The molecule has 2 unspecified atom stereocenters. The maximum absolute atomic E-state index is 12.3. The van der Waals surface area contributed by atoms with E-state index in [0.29, 0.717) is 23.6 Å². The molecule has 0 aliphatic carbocycles. The highest BCUT2D eigenvalue weighted by Gasteiger charge is 2.38. The van der Waals surface area contributed by atoms with E-state index in [4.69, 9.17) is 22.1 Å². The average molecular weight is 297 g/mol. The molecule has 2 N–H and O–H groups in total. The molecule has 0 aromatic heterocycles. The zero-order valence-corrected chi connectivity index (χ0v) is 12.9. The molecule has 4 nitrogen and oxygen atoms in total. The Morgan fingerprint density at radius 2 is 2.15 bits per heavy atom. The number of methoxy groups -OCH3 is 1. The number of carbonyl (C=O) groups excluding carboxylic acids is 1. The van der Waals surface area contributed by atoms with Crippen LogP contribution in [0.2, 0.25) is 5.02 Å². The molecular formula is C15H21ClN2O2. The van der Waals surface area contributed by atoms with E-state index < -0.39 is 0 Å². The first-order valence-corrected chi connectivity index (χ1v) is 7.24. The van der Waals surface area contributed by atoms with Crippen LogP contribution in [-0.4, -0.2) is 30.0 Å². The minimum absolute atomic E-state index is 0.0693. The number of likely N-dealkylation sites (tertiary alicyclic amines) is 1. The second-order valence-corrected chi connectivity index (χ2v) is 5.81. The minimum Gasteiger partial charge on any atom is -0.496 e. The van der Waals surface area contributed by atoms with E-state index in [2.05, 4.69) is 0 Å². The van der Waals surface area contributed by atoms with Gasteiger partial charge in [-0.25, -0.2) is 0 Å². The van der Waals surface area contributed by atoms with Gasteiger partial charge in [0.25, 0.3) is 0 Å². The SMILES string of the molecule is COc1cccc(Cl)c1C1C(N)CCC(=O)N1C(C)C. The standard InChI is InChI=1S/C15H21ClN2O2/c1-9(2)18-13(19)8-7-11(17)15(18)14-10(16)5-4-6-12(14)20-3/h4-6,9,11,15H,7-8,17H2,1-3H3. The monoisotopic (exact) mass is 296 g/mol. The molecule has 2 atom stereocenters. The molecule has 0 spiro atoms. The van der Waals surface area contributed by atoms with Crippen molar-refractivity contribution in [3.63, 3.8) is 0 Å². The third-order valence-electron chi connectivity index (χ3n) is 3.77. The van der Waals surface area contributed by atoms with Crippen molar-refractivity contribution in [3.05, 3.63) is 28.8 Å². The third-order valence-corrected chi connectivity index (χ3v) is 4.10. The molecule has 1 amide bonds. The van der Waals surface area contributed by atoms with Crippen LogP contribution >= 0.6 is 11.6 Å². The highest BCUT2D eigenvalue weighted by molar-refractivity contribution is 6.31. The van der Waals surface area contributed by atoms with Crippen molar-refractivity contribution >= 4 is 17.5 Å². The predicted molar refractivity (Wildman–Crippen MR) is 79.9 cm³/mol. The summed E-state index contributed by atoms with van der Waals surface area (Å²) in [5, 5.41) is 0.588. The summed E-state index contributed by atoms with van der Waals surface area (Å²) in [5.74, 6) is 0.798. The van der Waals surface area contributed by atoms with E-state index in [9.17, 15) is 4.79 Å². The van der Waals surface area contributed by atoms with Crippen molar-refractivity contribution in [3.8, 4) is 5.75 Å². The zero-order valence-electron chi connectivity index (χ0n) is 12.1. The van der Waals surface area contributed by atoms with E-state index in [0.717, 1.165) is 5.56 Å². The van der Waals surface area contributed by atoms with Gasteiger partial charge in [0.05, 0.1) is 13.2 Å². The maximum Gasteiger partial charge on any atom is 0.223 e. The molecule has 0 bridgehead atoms. The zero-order chi connectivity index (χ0) is 14.9. The van der Waals surface area contributed by atoms with Gasteiger partial charge in [0.15, 0.2) is 0 Å². The van der Waals surface area contributed by atoms with Crippen LogP contribution in [-0.2, 0) is 4.79 Å². The Kier molecular flexibility index (Phi) is 4.55. The summed E-state index contributed by atoms with van der Waals surface area (Å²) in [6.07, 6.45) is 1.16. The maximum atomic E-state index is 12.3.